The van der Waals surface area contributed by atoms with Crippen molar-refractivity contribution in [2.75, 3.05) is 19.8 Å². The molecule has 14 heavy (non-hydrogen) atoms. The molecule has 1 saturated heterocycles. The second-order valence-electron chi connectivity index (χ2n) is 3.74. The van der Waals surface area contributed by atoms with Gasteiger partial charge in [-0.3, -0.25) is 5.10 Å². The molecule has 0 radical (unpaired) electrons. The van der Waals surface area contributed by atoms with Crippen molar-refractivity contribution in [3.05, 3.63) is 17.5 Å². The molecule has 2 rings (SSSR count). The van der Waals surface area contributed by atoms with Crippen molar-refractivity contribution in [3.8, 4) is 0 Å². The minimum atomic E-state index is 0.575. The van der Waals surface area contributed by atoms with E-state index in [9.17, 15) is 0 Å². The summed E-state index contributed by atoms with van der Waals surface area (Å²) in [6.07, 6.45) is 3.07. The Hall–Kier alpha value is -0.870. The van der Waals surface area contributed by atoms with Gasteiger partial charge in [-0.25, -0.2) is 0 Å². The lowest BCUT2D eigenvalue weighted by Crippen LogP contribution is -2.14. The Morgan fingerprint density at radius 1 is 1.50 bits per heavy atom. The molecule has 3 N–H and O–H groups in total. The van der Waals surface area contributed by atoms with E-state index in [1.165, 1.54) is 5.69 Å². The van der Waals surface area contributed by atoms with Gasteiger partial charge in [0.25, 0.3) is 0 Å². The zero-order chi connectivity index (χ0) is 9.80. The van der Waals surface area contributed by atoms with E-state index in [0.717, 1.165) is 38.2 Å². The predicted octanol–water partition coefficient (Wildman–Crippen LogP) is 0.805. The standard InChI is InChI=1S/C10H17N3O/c11-4-1-9-7-10(13-12-9)8-2-5-14-6-3-8/h7-8H,1-6,11H2,(H,12,13). The van der Waals surface area contributed by atoms with Crippen molar-refractivity contribution in [2.24, 2.45) is 5.73 Å². The summed E-state index contributed by atoms with van der Waals surface area (Å²) in [7, 11) is 0. The van der Waals surface area contributed by atoms with Crippen LogP contribution in [0.5, 0.6) is 0 Å². The zero-order valence-corrected chi connectivity index (χ0v) is 8.33. The van der Waals surface area contributed by atoms with E-state index in [1.807, 2.05) is 0 Å². The van der Waals surface area contributed by atoms with Crippen LogP contribution in [-0.2, 0) is 11.2 Å². The van der Waals surface area contributed by atoms with Crippen LogP contribution in [0.2, 0.25) is 0 Å². The molecule has 0 aliphatic carbocycles. The van der Waals surface area contributed by atoms with E-state index in [2.05, 4.69) is 16.3 Å². The topological polar surface area (TPSA) is 63.9 Å². The van der Waals surface area contributed by atoms with Crippen LogP contribution in [0.15, 0.2) is 6.07 Å². The summed E-state index contributed by atoms with van der Waals surface area (Å²) in [5.74, 6) is 0.575. The second-order valence-corrected chi connectivity index (χ2v) is 3.74. The summed E-state index contributed by atoms with van der Waals surface area (Å²) in [4.78, 5) is 0. The molecule has 1 aliphatic heterocycles. The van der Waals surface area contributed by atoms with Crippen LogP contribution < -0.4 is 5.73 Å². The third-order valence-corrected chi connectivity index (χ3v) is 2.70. The maximum Gasteiger partial charge on any atom is 0.0657 e. The molecule has 0 unspecified atom stereocenters. The van der Waals surface area contributed by atoms with Crippen LogP contribution in [0.3, 0.4) is 0 Å². The highest BCUT2D eigenvalue weighted by atomic mass is 16.5. The highest BCUT2D eigenvalue weighted by Crippen LogP contribution is 2.25. The molecule has 4 heteroatoms. The van der Waals surface area contributed by atoms with Crippen molar-refractivity contribution >= 4 is 0 Å². The zero-order valence-electron chi connectivity index (χ0n) is 8.33. The first kappa shape index (κ1) is 9.68. The van der Waals surface area contributed by atoms with Crippen LogP contribution >= 0.6 is 0 Å². The first-order valence-electron chi connectivity index (χ1n) is 5.22. The van der Waals surface area contributed by atoms with E-state index < -0.39 is 0 Å². The Bertz CT molecular complexity index is 279. The number of hydrogen-bond donors (Lipinski definition) is 2. The summed E-state index contributed by atoms with van der Waals surface area (Å²) >= 11 is 0. The van der Waals surface area contributed by atoms with Gasteiger partial charge in [-0.2, -0.15) is 5.10 Å². The van der Waals surface area contributed by atoms with Crippen LogP contribution in [0.25, 0.3) is 0 Å². The fraction of sp³-hybridized carbons (Fsp3) is 0.700. The fourth-order valence-corrected chi connectivity index (χ4v) is 1.87. The number of aromatic amines is 1. The lowest BCUT2D eigenvalue weighted by Gasteiger charge is -2.19. The largest absolute Gasteiger partial charge is 0.381 e. The molecule has 0 bridgehead atoms. The number of aromatic nitrogens is 2. The average molecular weight is 195 g/mol. The van der Waals surface area contributed by atoms with Gasteiger partial charge in [-0.15, -0.1) is 0 Å². The molecule has 0 amide bonds. The average Bonchev–Trinajstić information content (AvgIpc) is 2.68. The third kappa shape index (κ3) is 2.13. The van der Waals surface area contributed by atoms with Crippen LogP contribution in [0, 0.1) is 0 Å². The van der Waals surface area contributed by atoms with Crippen LogP contribution in [0.4, 0.5) is 0 Å². The van der Waals surface area contributed by atoms with E-state index in [-0.39, 0.29) is 0 Å². The smallest absolute Gasteiger partial charge is 0.0657 e. The van der Waals surface area contributed by atoms with Crippen molar-refractivity contribution < 1.29 is 4.74 Å². The molecule has 0 saturated carbocycles. The number of nitrogens with zero attached hydrogens (tertiary/aromatic N) is 1. The molecule has 78 valence electrons. The minimum Gasteiger partial charge on any atom is -0.381 e. The Morgan fingerprint density at radius 2 is 2.29 bits per heavy atom. The minimum absolute atomic E-state index is 0.575. The van der Waals surface area contributed by atoms with Crippen molar-refractivity contribution in [1.82, 2.24) is 10.2 Å². The monoisotopic (exact) mass is 195 g/mol. The molecule has 0 atom stereocenters. The first-order chi connectivity index (χ1) is 6.90. The number of hydrogen-bond acceptors (Lipinski definition) is 3. The van der Waals surface area contributed by atoms with Crippen molar-refractivity contribution in [1.29, 1.82) is 0 Å². The lowest BCUT2D eigenvalue weighted by molar-refractivity contribution is 0.0845. The van der Waals surface area contributed by atoms with E-state index in [1.54, 1.807) is 0 Å². The maximum atomic E-state index is 5.48. The van der Waals surface area contributed by atoms with Crippen LogP contribution in [-0.4, -0.2) is 30.0 Å². The van der Waals surface area contributed by atoms with Gasteiger partial charge in [-0.1, -0.05) is 0 Å². The quantitative estimate of drug-likeness (QED) is 0.750. The maximum absolute atomic E-state index is 5.48. The second kappa shape index (κ2) is 4.57. The highest BCUT2D eigenvalue weighted by Gasteiger charge is 2.18. The molecule has 0 spiro atoms. The van der Waals surface area contributed by atoms with Gasteiger partial charge >= 0.3 is 0 Å². The highest BCUT2D eigenvalue weighted by molar-refractivity contribution is 5.13. The third-order valence-electron chi connectivity index (χ3n) is 2.70. The molecule has 1 aromatic heterocycles. The predicted molar refractivity (Wildman–Crippen MR) is 54.1 cm³/mol. The van der Waals surface area contributed by atoms with E-state index in [0.29, 0.717) is 12.5 Å². The number of rotatable bonds is 3. The number of ether oxygens (including phenoxy) is 1. The number of nitrogens with two attached hydrogens (primary N) is 1. The fourth-order valence-electron chi connectivity index (χ4n) is 1.87. The van der Waals surface area contributed by atoms with Crippen molar-refractivity contribution in [3.63, 3.8) is 0 Å². The number of nitrogens with one attached hydrogen (secondary N) is 1. The van der Waals surface area contributed by atoms with E-state index in [4.69, 9.17) is 10.5 Å². The SMILES string of the molecule is NCCc1cc(C2CCOCC2)n[nH]1. The van der Waals surface area contributed by atoms with Gasteiger partial charge in [0.1, 0.15) is 0 Å². The Kier molecular flexibility index (Phi) is 3.16. The van der Waals surface area contributed by atoms with Gasteiger partial charge in [0.2, 0.25) is 0 Å². The van der Waals surface area contributed by atoms with Gasteiger partial charge in [-0.05, 0) is 25.5 Å². The summed E-state index contributed by atoms with van der Waals surface area (Å²) in [6, 6.07) is 2.14. The molecular formula is C10H17N3O. The molecule has 1 aromatic rings. The van der Waals surface area contributed by atoms with Gasteiger partial charge in [0, 0.05) is 31.2 Å². The van der Waals surface area contributed by atoms with Gasteiger partial charge < -0.3 is 10.5 Å². The Balaban J connectivity index is 2.00. The normalized spacial score (nSPS) is 18.6. The Labute approximate surface area is 83.8 Å². The molecule has 1 aliphatic rings. The van der Waals surface area contributed by atoms with Crippen LogP contribution in [0.1, 0.15) is 30.1 Å². The summed E-state index contributed by atoms with van der Waals surface area (Å²) in [5, 5.41) is 7.36. The van der Waals surface area contributed by atoms with Crippen molar-refractivity contribution in [2.45, 2.75) is 25.2 Å². The number of H-pyrrole nitrogens is 1. The van der Waals surface area contributed by atoms with Gasteiger partial charge in [0.05, 0.1) is 5.69 Å². The molecule has 2 heterocycles. The molecule has 4 nitrogen and oxygen atoms in total. The Morgan fingerprint density at radius 3 is 3.00 bits per heavy atom. The first-order valence-corrected chi connectivity index (χ1v) is 5.22. The lowest BCUT2D eigenvalue weighted by atomic mass is 9.96. The van der Waals surface area contributed by atoms with Gasteiger partial charge in [0.15, 0.2) is 0 Å². The molecule has 0 aromatic carbocycles. The van der Waals surface area contributed by atoms with E-state index >= 15 is 0 Å². The summed E-state index contributed by atoms with van der Waals surface area (Å²) in [6.45, 7) is 2.41. The summed E-state index contributed by atoms with van der Waals surface area (Å²) < 4.78 is 5.32. The molecule has 1 fully saturated rings. The summed E-state index contributed by atoms with van der Waals surface area (Å²) in [5.41, 5.74) is 7.81. The molecular weight excluding hydrogens is 178 g/mol.